The van der Waals surface area contributed by atoms with E-state index < -0.39 is 41.2 Å². The zero-order chi connectivity index (χ0) is 26.3. The van der Waals surface area contributed by atoms with E-state index in [4.69, 9.17) is 9.78 Å². The fourth-order valence-corrected chi connectivity index (χ4v) is 5.18. The summed E-state index contributed by atoms with van der Waals surface area (Å²) in [6.07, 6.45) is -9.52. The van der Waals surface area contributed by atoms with E-state index in [0.29, 0.717) is 25.2 Å². The van der Waals surface area contributed by atoms with Crippen molar-refractivity contribution in [3.8, 4) is 0 Å². The average Bonchev–Trinajstić information content (AvgIpc) is 3.26. The highest BCUT2D eigenvalue weighted by atomic mass is 19.4. The molecule has 2 fully saturated rings. The van der Waals surface area contributed by atoms with Crippen LogP contribution in [0.5, 0.6) is 0 Å². The Morgan fingerprint density at radius 2 is 1.56 bits per heavy atom. The van der Waals surface area contributed by atoms with Crippen molar-refractivity contribution in [1.82, 2.24) is 4.90 Å². The van der Waals surface area contributed by atoms with Crippen LogP contribution in [0.4, 0.5) is 35.5 Å². The highest BCUT2D eigenvalue weighted by Gasteiger charge is 2.43. The van der Waals surface area contributed by atoms with Crippen LogP contribution in [0.1, 0.15) is 60.5 Å². The molecule has 0 bridgehead atoms. The summed E-state index contributed by atoms with van der Waals surface area (Å²) in [6, 6.07) is 7.35. The molecule has 0 spiro atoms. The number of amides is 1. The van der Waals surface area contributed by atoms with Crippen molar-refractivity contribution in [2.45, 2.75) is 50.6 Å². The van der Waals surface area contributed by atoms with Crippen LogP contribution >= 0.6 is 0 Å². The lowest BCUT2D eigenvalue weighted by atomic mass is 9.71. The third-order valence-electron chi connectivity index (χ3n) is 7.00. The van der Waals surface area contributed by atoms with Gasteiger partial charge < -0.3 is 4.90 Å². The summed E-state index contributed by atoms with van der Waals surface area (Å²) in [5, 5.41) is 0. The van der Waals surface area contributed by atoms with Crippen molar-refractivity contribution in [2.75, 3.05) is 13.1 Å². The van der Waals surface area contributed by atoms with Crippen LogP contribution in [0, 0.1) is 17.7 Å². The molecule has 1 amide bonds. The average molecular weight is 519 g/mol. The van der Waals surface area contributed by atoms with Gasteiger partial charge in [-0.3, -0.25) is 4.89 Å². The van der Waals surface area contributed by atoms with Gasteiger partial charge in [-0.05, 0) is 79.0 Å². The van der Waals surface area contributed by atoms with Crippen molar-refractivity contribution in [3.05, 3.63) is 70.5 Å². The molecule has 4 rings (SSSR count). The van der Waals surface area contributed by atoms with Gasteiger partial charge in [0.2, 0.25) is 0 Å². The lowest BCUT2D eigenvalue weighted by molar-refractivity contribution is -0.277. The molecule has 196 valence electrons. The quantitative estimate of drug-likeness (QED) is 0.238. The van der Waals surface area contributed by atoms with E-state index in [2.05, 4.69) is 0 Å². The Balaban J connectivity index is 1.42. The maximum atomic E-state index is 13.3. The molecule has 11 heteroatoms. The van der Waals surface area contributed by atoms with Gasteiger partial charge in [0.05, 0.1) is 11.1 Å². The number of fused-ring (bicyclic) bond motifs is 1. The highest BCUT2D eigenvalue weighted by molar-refractivity contribution is 5.67. The van der Waals surface area contributed by atoms with Gasteiger partial charge in [0, 0.05) is 13.1 Å². The molecule has 1 aliphatic heterocycles. The number of benzene rings is 2. The lowest BCUT2D eigenvalue weighted by Gasteiger charge is -2.33. The Bertz CT molecular complexity index is 1050. The van der Waals surface area contributed by atoms with E-state index in [-0.39, 0.29) is 29.6 Å². The predicted molar refractivity (Wildman–Crippen MR) is 114 cm³/mol. The van der Waals surface area contributed by atoms with Gasteiger partial charge in [-0.1, -0.05) is 18.6 Å². The minimum Gasteiger partial charge on any atom is -0.305 e. The Hall–Kier alpha value is -2.82. The first-order valence-corrected chi connectivity index (χ1v) is 11.5. The fraction of sp³-hybridized carbons (Fsp3) is 0.480. The normalized spacial score (nSPS) is 23.3. The zero-order valence-corrected chi connectivity index (χ0v) is 19.2. The molecule has 0 radical (unpaired) electrons. The SMILES string of the molecule is CC(OOC(=O)N1CC2CCCC(c3ccc(F)cc3)C2C1)c1cc(C(F)(F)F)cc(C(F)(F)F)c1. The molecule has 1 saturated heterocycles. The Kier molecular flexibility index (Phi) is 7.23. The van der Waals surface area contributed by atoms with Gasteiger partial charge in [-0.15, -0.1) is 0 Å². The van der Waals surface area contributed by atoms with Gasteiger partial charge in [0.15, 0.2) is 0 Å². The fourth-order valence-electron chi connectivity index (χ4n) is 5.18. The molecule has 36 heavy (non-hydrogen) atoms. The second-order valence-electron chi connectivity index (χ2n) is 9.34. The molecule has 2 aliphatic rings. The van der Waals surface area contributed by atoms with E-state index in [0.717, 1.165) is 24.8 Å². The predicted octanol–water partition coefficient (Wildman–Crippen LogP) is 7.51. The Morgan fingerprint density at radius 1 is 0.944 bits per heavy atom. The molecule has 4 atom stereocenters. The molecule has 0 N–H and O–H groups in total. The van der Waals surface area contributed by atoms with Crippen LogP contribution in [0.15, 0.2) is 42.5 Å². The smallest absolute Gasteiger partial charge is 0.305 e. The van der Waals surface area contributed by atoms with Crippen LogP contribution in [-0.2, 0) is 22.1 Å². The monoisotopic (exact) mass is 519 g/mol. The molecule has 4 nitrogen and oxygen atoms in total. The van der Waals surface area contributed by atoms with Crippen molar-refractivity contribution >= 4 is 6.09 Å². The van der Waals surface area contributed by atoms with Crippen molar-refractivity contribution in [2.24, 2.45) is 11.8 Å². The van der Waals surface area contributed by atoms with E-state index >= 15 is 0 Å². The number of alkyl halides is 6. The second kappa shape index (κ2) is 9.91. The molecule has 1 heterocycles. The van der Waals surface area contributed by atoms with Gasteiger partial charge in [-0.2, -0.15) is 31.2 Å². The minimum absolute atomic E-state index is 0.0196. The van der Waals surface area contributed by atoms with Crippen molar-refractivity contribution in [3.63, 3.8) is 0 Å². The van der Waals surface area contributed by atoms with E-state index in [9.17, 15) is 35.5 Å². The van der Waals surface area contributed by atoms with Gasteiger partial charge in [0.25, 0.3) is 0 Å². The van der Waals surface area contributed by atoms with Crippen LogP contribution < -0.4 is 0 Å². The molecule has 2 aromatic carbocycles. The maximum absolute atomic E-state index is 13.3. The number of carbonyl (C=O) groups excluding carboxylic acids is 1. The number of halogens is 7. The number of carbonyl (C=O) groups is 1. The Labute approximate surface area is 202 Å². The standard InChI is InChI=1S/C25H24F7NO3/c1-14(17-9-18(24(27,28)29)11-19(10-17)25(30,31)32)35-36-23(34)33-12-16-3-2-4-21(22(16)13-33)15-5-7-20(26)8-6-15/h5-11,14,16,21-22H,2-4,12-13H2,1H3. The minimum atomic E-state index is -5.00. The van der Waals surface area contributed by atoms with Gasteiger partial charge in [0.1, 0.15) is 11.9 Å². The number of hydrogen-bond donors (Lipinski definition) is 0. The summed E-state index contributed by atoms with van der Waals surface area (Å²) in [5.74, 6) is 0.105. The van der Waals surface area contributed by atoms with Gasteiger partial charge in [-0.25, -0.2) is 9.18 Å². The van der Waals surface area contributed by atoms with Gasteiger partial charge >= 0.3 is 18.4 Å². The summed E-state index contributed by atoms with van der Waals surface area (Å²) in [4.78, 5) is 23.8. The third-order valence-corrected chi connectivity index (χ3v) is 7.00. The number of hydrogen-bond acceptors (Lipinski definition) is 3. The molecular weight excluding hydrogens is 495 g/mol. The summed E-state index contributed by atoms with van der Waals surface area (Å²) < 4.78 is 92.0. The highest BCUT2D eigenvalue weighted by Crippen LogP contribution is 2.45. The molecule has 2 aromatic rings. The maximum Gasteiger partial charge on any atom is 0.441 e. The zero-order valence-electron chi connectivity index (χ0n) is 19.2. The van der Waals surface area contributed by atoms with Crippen molar-refractivity contribution < 1.29 is 45.3 Å². The lowest BCUT2D eigenvalue weighted by Crippen LogP contribution is -2.30. The molecule has 1 saturated carbocycles. The summed E-state index contributed by atoms with van der Waals surface area (Å²) >= 11 is 0. The Morgan fingerprint density at radius 3 is 2.14 bits per heavy atom. The number of nitrogens with zero attached hydrogens (tertiary/aromatic N) is 1. The molecular formula is C25H24F7NO3. The molecule has 4 unspecified atom stereocenters. The van der Waals surface area contributed by atoms with Crippen LogP contribution in [-0.4, -0.2) is 24.1 Å². The topological polar surface area (TPSA) is 38.8 Å². The van der Waals surface area contributed by atoms with Crippen molar-refractivity contribution in [1.29, 1.82) is 0 Å². The van der Waals surface area contributed by atoms with E-state index in [1.807, 2.05) is 0 Å². The largest absolute Gasteiger partial charge is 0.441 e. The van der Waals surface area contributed by atoms with Crippen LogP contribution in [0.3, 0.4) is 0 Å². The molecule has 0 aromatic heterocycles. The first-order chi connectivity index (χ1) is 16.8. The first-order valence-electron chi connectivity index (χ1n) is 11.5. The molecule has 1 aliphatic carbocycles. The third kappa shape index (κ3) is 5.77. The first kappa shape index (κ1) is 26.2. The number of rotatable bonds is 4. The van der Waals surface area contributed by atoms with E-state index in [1.54, 1.807) is 12.1 Å². The second-order valence-corrected chi connectivity index (χ2v) is 9.34. The number of likely N-dealkylation sites (tertiary alicyclic amines) is 1. The summed E-state index contributed by atoms with van der Waals surface area (Å²) in [6.45, 7) is 1.93. The van der Waals surface area contributed by atoms with Crippen LogP contribution in [0.2, 0.25) is 0 Å². The summed E-state index contributed by atoms with van der Waals surface area (Å²) in [5.41, 5.74) is -2.42. The van der Waals surface area contributed by atoms with E-state index in [1.165, 1.54) is 24.0 Å². The van der Waals surface area contributed by atoms with Crippen LogP contribution in [0.25, 0.3) is 0 Å². The summed E-state index contributed by atoms with van der Waals surface area (Å²) in [7, 11) is 0.